The average Bonchev–Trinajstić information content (AvgIpc) is 3.74. The summed E-state index contributed by atoms with van der Waals surface area (Å²) >= 11 is 3.45. The molecule has 10 nitrogen and oxygen atoms in total. The molecule has 1 N–H and O–H groups in total. The molecule has 246 valence electrons. The number of H-pyrrole nitrogens is 1. The van der Waals surface area contributed by atoms with Crippen LogP contribution in [0.25, 0.3) is 45.1 Å². The molecule has 0 saturated heterocycles. The summed E-state index contributed by atoms with van der Waals surface area (Å²) in [6, 6.07) is 24.6. The summed E-state index contributed by atoms with van der Waals surface area (Å²) < 4.78 is 18.3. The molecule has 0 radical (unpaired) electrons. The van der Waals surface area contributed by atoms with E-state index in [1.54, 1.807) is 87.1 Å². The van der Waals surface area contributed by atoms with Gasteiger partial charge in [0.15, 0.2) is 0 Å². The summed E-state index contributed by atoms with van der Waals surface area (Å²) in [4.78, 5) is 19.2. The second-order valence-corrected chi connectivity index (χ2v) is 11.6. The maximum atomic E-state index is 11.9. The van der Waals surface area contributed by atoms with Crippen LogP contribution in [0.15, 0.2) is 89.9 Å². The average molecular weight is 726 g/mol. The van der Waals surface area contributed by atoms with Gasteiger partial charge in [-0.05, 0) is 66.7 Å². The fourth-order valence-corrected chi connectivity index (χ4v) is 5.75. The van der Waals surface area contributed by atoms with Gasteiger partial charge in [0.1, 0.15) is 17.2 Å². The molecule has 0 bridgehead atoms. The molecule has 11 heteroatoms. The molecule has 0 amide bonds. The van der Waals surface area contributed by atoms with Gasteiger partial charge in [0.2, 0.25) is 5.91 Å². The number of carbonyl (C=O) groups is 1. The quantitative estimate of drug-likeness (QED) is 0.161. The third kappa shape index (κ3) is 7.27. The first-order valence-corrected chi connectivity index (χ1v) is 15.8. The van der Waals surface area contributed by atoms with E-state index in [4.69, 9.17) is 19.5 Å². The molecular formula is C39H29BrN6O4. The standard InChI is InChI=1S/C20H15N3O2.C19H14BrN3O2/c1-24-16-4-5-17-18(12-23-19(17)9-16)15(11-22)8-14-7-13(10-21)3-6-20(14)25-2;1-12(24)23-11-17(16-8-15(20)3-4-18(16)23)13(9-21)7-14-10-22-6-5-19(14)25-2/h3-9,12,23H,1-2H3;3-8,10-11H,1-2H3/b15-8+;13-7+. The number of nitrogens with one attached hydrogen (secondary N) is 1. The Bertz CT molecular complexity index is 2440. The number of hydrogen-bond donors (Lipinski definition) is 1. The number of ether oxygens (including phenoxy) is 3. The number of carbonyl (C=O) groups excluding carboxylic acids is 1. The van der Waals surface area contributed by atoms with Crippen LogP contribution in [0.4, 0.5) is 0 Å². The van der Waals surface area contributed by atoms with E-state index < -0.39 is 0 Å². The summed E-state index contributed by atoms with van der Waals surface area (Å²) in [5.74, 6) is 1.86. The molecular weight excluding hydrogens is 696 g/mol. The summed E-state index contributed by atoms with van der Waals surface area (Å²) in [6.45, 7) is 1.49. The van der Waals surface area contributed by atoms with Crippen LogP contribution in [-0.2, 0) is 0 Å². The number of fused-ring (bicyclic) bond motifs is 2. The lowest BCUT2D eigenvalue weighted by molar-refractivity contribution is 0.0941. The predicted octanol–water partition coefficient (Wildman–Crippen LogP) is 8.65. The molecule has 0 saturated carbocycles. The van der Waals surface area contributed by atoms with E-state index in [1.807, 2.05) is 36.4 Å². The second-order valence-electron chi connectivity index (χ2n) is 10.7. The van der Waals surface area contributed by atoms with Crippen LogP contribution in [0.3, 0.4) is 0 Å². The Labute approximate surface area is 296 Å². The smallest absolute Gasteiger partial charge is 0.227 e. The van der Waals surface area contributed by atoms with Gasteiger partial charge < -0.3 is 19.2 Å². The number of methoxy groups -OCH3 is 3. The Morgan fingerprint density at radius 2 is 1.56 bits per heavy atom. The van der Waals surface area contributed by atoms with Crippen molar-refractivity contribution in [2.45, 2.75) is 6.92 Å². The van der Waals surface area contributed by atoms with Crippen molar-refractivity contribution in [3.8, 4) is 35.5 Å². The zero-order valence-corrected chi connectivity index (χ0v) is 29.1. The van der Waals surface area contributed by atoms with E-state index in [-0.39, 0.29) is 5.91 Å². The number of aromatic amines is 1. The molecule has 0 atom stereocenters. The fraction of sp³-hybridized carbons (Fsp3) is 0.103. The van der Waals surface area contributed by atoms with Gasteiger partial charge in [-0.3, -0.25) is 14.3 Å². The molecule has 0 spiro atoms. The van der Waals surface area contributed by atoms with E-state index in [0.717, 1.165) is 37.6 Å². The Kier molecular flexibility index (Phi) is 10.8. The van der Waals surface area contributed by atoms with Crippen LogP contribution < -0.4 is 14.2 Å². The van der Waals surface area contributed by atoms with Crippen molar-refractivity contribution in [2.75, 3.05) is 21.3 Å². The van der Waals surface area contributed by atoms with Crippen LogP contribution >= 0.6 is 15.9 Å². The summed E-state index contributed by atoms with van der Waals surface area (Å²) in [6.07, 6.45) is 10.2. The lowest BCUT2D eigenvalue weighted by Crippen LogP contribution is -2.02. The molecule has 0 aliphatic rings. The SMILES string of the molecule is COc1ccc2c(/C(C#N)=C/c3cc(C#N)ccc3OC)c[nH]c2c1.COc1ccncc1/C=C(\C#N)c1cn(C(C)=O)c2ccc(Br)cc12. The fourth-order valence-electron chi connectivity index (χ4n) is 5.39. The molecule has 0 aliphatic heterocycles. The highest BCUT2D eigenvalue weighted by molar-refractivity contribution is 9.10. The van der Waals surface area contributed by atoms with Crippen molar-refractivity contribution < 1.29 is 19.0 Å². The molecule has 3 aromatic heterocycles. The number of nitrogens with zero attached hydrogens (tertiary/aromatic N) is 5. The molecule has 3 aromatic carbocycles. The number of aromatic nitrogens is 3. The van der Waals surface area contributed by atoms with Gasteiger partial charge in [-0.15, -0.1) is 0 Å². The predicted molar refractivity (Wildman–Crippen MR) is 196 cm³/mol. The van der Waals surface area contributed by atoms with Crippen LogP contribution in [-0.4, -0.2) is 41.8 Å². The lowest BCUT2D eigenvalue weighted by atomic mass is 10.0. The highest BCUT2D eigenvalue weighted by Gasteiger charge is 2.16. The van der Waals surface area contributed by atoms with Crippen molar-refractivity contribution in [1.82, 2.24) is 14.5 Å². The number of pyridine rings is 1. The minimum absolute atomic E-state index is 0.116. The van der Waals surface area contributed by atoms with E-state index in [2.05, 4.69) is 44.1 Å². The molecule has 50 heavy (non-hydrogen) atoms. The normalized spacial score (nSPS) is 11.2. The van der Waals surface area contributed by atoms with Gasteiger partial charge in [0.25, 0.3) is 0 Å². The van der Waals surface area contributed by atoms with Gasteiger partial charge in [-0.1, -0.05) is 15.9 Å². The summed E-state index contributed by atoms with van der Waals surface area (Å²) in [5, 5.41) is 30.2. The topological polar surface area (TPSA) is 150 Å². The molecule has 6 rings (SSSR count). The number of hydrogen-bond acceptors (Lipinski definition) is 8. The zero-order chi connectivity index (χ0) is 35.8. The van der Waals surface area contributed by atoms with Crippen molar-refractivity contribution in [3.63, 3.8) is 0 Å². The Morgan fingerprint density at radius 1 is 0.840 bits per heavy atom. The van der Waals surface area contributed by atoms with Gasteiger partial charge >= 0.3 is 0 Å². The second kappa shape index (κ2) is 15.5. The summed E-state index contributed by atoms with van der Waals surface area (Å²) in [5.41, 5.74) is 5.89. The highest BCUT2D eigenvalue weighted by Crippen LogP contribution is 2.33. The minimum atomic E-state index is -0.116. The maximum Gasteiger partial charge on any atom is 0.227 e. The van der Waals surface area contributed by atoms with Crippen LogP contribution in [0, 0.1) is 34.0 Å². The first-order valence-electron chi connectivity index (χ1n) is 15.0. The monoisotopic (exact) mass is 724 g/mol. The largest absolute Gasteiger partial charge is 0.497 e. The molecule has 0 fully saturated rings. The Hall–Kier alpha value is -6.61. The zero-order valence-electron chi connectivity index (χ0n) is 27.5. The van der Waals surface area contributed by atoms with E-state index in [0.29, 0.717) is 44.9 Å². The first-order chi connectivity index (χ1) is 24.2. The first kappa shape index (κ1) is 34.7. The Morgan fingerprint density at radius 3 is 2.24 bits per heavy atom. The van der Waals surface area contributed by atoms with Crippen molar-refractivity contribution in [3.05, 3.63) is 118 Å². The number of rotatable bonds is 7. The van der Waals surface area contributed by atoms with Crippen molar-refractivity contribution >= 4 is 66.9 Å². The third-order valence-electron chi connectivity index (χ3n) is 7.80. The van der Waals surface area contributed by atoms with Crippen molar-refractivity contribution in [1.29, 1.82) is 15.8 Å². The Balaban J connectivity index is 0.000000194. The van der Waals surface area contributed by atoms with Crippen molar-refractivity contribution in [2.24, 2.45) is 0 Å². The van der Waals surface area contributed by atoms with E-state index in [1.165, 1.54) is 6.92 Å². The highest BCUT2D eigenvalue weighted by atomic mass is 79.9. The summed E-state index contributed by atoms with van der Waals surface area (Å²) in [7, 11) is 4.74. The molecule has 0 aliphatic carbocycles. The van der Waals surface area contributed by atoms with Gasteiger partial charge in [-0.25, -0.2) is 0 Å². The van der Waals surface area contributed by atoms with Gasteiger partial charge in [0, 0.05) is 80.8 Å². The van der Waals surface area contributed by atoms with Crippen LogP contribution in [0.5, 0.6) is 17.2 Å². The van der Waals surface area contributed by atoms with Gasteiger partial charge in [0.05, 0.1) is 61.8 Å². The van der Waals surface area contributed by atoms with E-state index >= 15 is 0 Å². The van der Waals surface area contributed by atoms with E-state index in [9.17, 15) is 15.3 Å². The molecule has 0 unspecified atom stereocenters. The third-order valence-corrected chi connectivity index (χ3v) is 8.30. The number of halogens is 1. The molecule has 3 heterocycles. The number of allylic oxidation sites excluding steroid dienone is 2. The number of nitriles is 3. The lowest BCUT2D eigenvalue weighted by Gasteiger charge is -2.06. The minimum Gasteiger partial charge on any atom is -0.497 e. The molecule has 6 aromatic rings. The van der Waals surface area contributed by atoms with Gasteiger partial charge in [-0.2, -0.15) is 15.8 Å². The number of benzene rings is 3. The maximum absolute atomic E-state index is 11.9. The van der Waals surface area contributed by atoms with Crippen LogP contribution in [0.1, 0.15) is 39.5 Å². The van der Waals surface area contributed by atoms with Crippen LogP contribution in [0.2, 0.25) is 0 Å².